The summed E-state index contributed by atoms with van der Waals surface area (Å²) in [5, 5.41) is 10.4. The number of benzene rings is 1. The maximum Gasteiger partial charge on any atom is 0.285 e. The van der Waals surface area contributed by atoms with Crippen LogP contribution < -0.4 is 11.0 Å². The minimum Gasteiger partial charge on any atom is -0.275 e. The molecule has 0 aliphatic carbocycles. The van der Waals surface area contributed by atoms with Crippen LogP contribution in [0.1, 0.15) is 5.56 Å². The number of aromatic amines is 1. The first-order valence-electron chi connectivity index (χ1n) is 4.94. The number of anilines is 1. The monoisotopic (exact) mass is 282 g/mol. The molecule has 0 saturated carbocycles. The maximum absolute atomic E-state index is 11.2. The summed E-state index contributed by atoms with van der Waals surface area (Å²) in [6.45, 7) is 0. The number of hydrogen-bond donors (Lipinski definition) is 2. The average Bonchev–Trinajstić information content (AvgIpc) is 2.35. The Morgan fingerprint density at radius 2 is 2.22 bits per heavy atom. The molecule has 2 N–H and O–H groups in total. The second-order valence-corrected chi connectivity index (χ2v) is 4.17. The summed E-state index contributed by atoms with van der Waals surface area (Å²) in [4.78, 5) is 11.2. The van der Waals surface area contributed by atoms with Crippen molar-refractivity contribution in [2.75, 3.05) is 5.43 Å². The number of halogens is 2. The van der Waals surface area contributed by atoms with Gasteiger partial charge in [0.2, 0.25) is 0 Å². The highest BCUT2D eigenvalue weighted by molar-refractivity contribution is 6.33. The summed E-state index contributed by atoms with van der Waals surface area (Å²) in [6.07, 6.45) is 2.93. The van der Waals surface area contributed by atoms with Crippen LogP contribution in [0.5, 0.6) is 0 Å². The molecule has 0 saturated heterocycles. The van der Waals surface area contributed by atoms with E-state index in [0.29, 0.717) is 10.7 Å². The van der Waals surface area contributed by atoms with Crippen LogP contribution in [0.4, 0.5) is 5.69 Å². The number of hydrazone groups is 1. The van der Waals surface area contributed by atoms with E-state index in [1.165, 1.54) is 6.20 Å². The van der Waals surface area contributed by atoms with Crippen molar-refractivity contribution in [3.05, 3.63) is 56.4 Å². The highest BCUT2D eigenvalue weighted by Crippen LogP contribution is 2.14. The van der Waals surface area contributed by atoms with Crippen molar-refractivity contribution in [2.24, 2.45) is 5.10 Å². The van der Waals surface area contributed by atoms with Gasteiger partial charge in [-0.15, -0.1) is 0 Å². The molecule has 18 heavy (non-hydrogen) atoms. The van der Waals surface area contributed by atoms with E-state index in [0.717, 1.165) is 5.56 Å². The van der Waals surface area contributed by atoms with Crippen molar-refractivity contribution >= 4 is 35.1 Å². The van der Waals surface area contributed by atoms with Gasteiger partial charge in [0.1, 0.15) is 10.7 Å². The Morgan fingerprint density at radius 3 is 3.00 bits per heavy atom. The van der Waals surface area contributed by atoms with Gasteiger partial charge in [-0.05, 0) is 17.7 Å². The van der Waals surface area contributed by atoms with Crippen LogP contribution in [0.2, 0.25) is 10.0 Å². The van der Waals surface area contributed by atoms with Crippen LogP contribution in [0.25, 0.3) is 0 Å². The molecule has 0 aliphatic heterocycles. The Labute approximate surface area is 112 Å². The van der Waals surface area contributed by atoms with Crippen LogP contribution in [0.3, 0.4) is 0 Å². The Bertz CT molecular complexity index is 639. The molecule has 0 atom stereocenters. The minimum absolute atomic E-state index is 0.00763. The van der Waals surface area contributed by atoms with Crippen molar-refractivity contribution in [2.45, 2.75) is 0 Å². The lowest BCUT2D eigenvalue weighted by atomic mass is 10.2. The van der Waals surface area contributed by atoms with Crippen LogP contribution in [0.15, 0.2) is 40.4 Å². The SMILES string of the molecule is O=c1[nH]ncc(N/N=C\c2cccc(Cl)c2)c1Cl. The zero-order chi connectivity index (χ0) is 13.0. The van der Waals surface area contributed by atoms with Gasteiger partial charge < -0.3 is 0 Å². The molecule has 0 fully saturated rings. The lowest BCUT2D eigenvalue weighted by molar-refractivity contribution is 0.987. The fourth-order valence-corrected chi connectivity index (χ4v) is 1.56. The summed E-state index contributed by atoms with van der Waals surface area (Å²) < 4.78 is 0. The highest BCUT2D eigenvalue weighted by atomic mass is 35.5. The number of nitrogens with one attached hydrogen (secondary N) is 2. The molecule has 0 bridgehead atoms. The van der Waals surface area contributed by atoms with Crippen LogP contribution in [-0.2, 0) is 0 Å². The van der Waals surface area contributed by atoms with E-state index >= 15 is 0 Å². The molecule has 2 rings (SSSR count). The van der Waals surface area contributed by atoms with Gasteiger partial charge in [0.15, 0.2) is 0 Å². The molecule has 5 nitrogen and oxygen atoms in total. The summed E-state index contributed by atoms with van der Waals surface area (Å²) in [5.74, 6) is 0. The molecule has 1 aromatic carbocycles. The molecule has 2 aromatic rings. The van der Waals surface area contributed by atoms with E-state index in [1.54, 1.807) is 18.3 Å². The first-order chi connectivity index (χ1) is 8.66. The zero-order valence-corrected chi connectivity index (χ0v) is 10.5. The summed E-state index contributed by atoms with van der Waals surface area (Å²) in [6, 6.07) is 7.18. The molecule has 0 amide bonds. The van der Waals surface area contributed by atoms with Gasteiger partial charge in [-0.1, -0.05) is 35.3 Å². The Hall–Kier alpha value is -1.85. The van der Waals surface area contributed by atoms with E-state index in [4.69, 9.17) is 23.2 Å². The van der Waals surface area contributed by atoms with E-state index in [1.807, 2.05) is 12.1 Å². The largest absolute Gasteiger partial charge is 0.285 e. The maximum atomic E-state index is 11.2. The van der Waals surface area contributed by atoms with Crippen molar-refractivity contribution in [1.29, 1.82) is 0 Å². The second kappa shape index (κ2) is 5.66. The zero-order valence-electron chi connectivity index (χ0n) is 9.02. The van der Waals surface area contributed by atoms with Gasteiger partial charge in [-0.2, -0.15) is 10.2 Å². The van der Waals surface area contributed by atoms with E-state index in [2.05, 4.69) is 20.7 Å². The van der Waals surface area contributed by atoms with Gasteiger partial charge >= 0.3 is 0 Å². The third-order valence-corrected chi connectivity index (χ3v) is 2.65. The van der Waals surface area contributed by atoms with Gasteiger partial charge in [-0.25, -0.2) is 5.10 Å². The summed E-state index contributed by atoms with van der Waals surface area (Å²) in [5.41, 5.74) is 3.32. The normalized spacial score (nSPS) is 10.8. The van der Waals surface area contributed by atoms with E-state index in [9.17, 15) is 4.79 Å². The van der Waals surface area contributed by atoms with Crippen molar-refractivity contribution in [3.8, 4) is 0 Å². The molecule has 0 aliphatic rings. The molecule has 0 radical (unpaired) electrons. The van der Waals surface area contributed by atoms with Gasteiger partial charge in [-0.3, -0.25) is 10.2 Å². The van der Waals surface area contributed by atoms with Gasteiger partial charge in [0.25, 0.3) is 5.56 Å². The quantitative estimate of drug-likeness (QED) is 0.671. The molecular formula is C11H8Cl2N4O. The third kappa shape index (κ3) is 3.09. The number of H-pyrrole nitrogens is 1. The molecule has 1 aromatic heterocycles. The van der Waals surface area contributed by atoms with Crippen LogP contribution in [0, 0.1) is 0 Å². The molecule has 0 spiro atoms. The number of rotatable bonds is 3. The van der Waals surface area contributed by atoms with E-state index in [-0.39, 0.29) is 5.02 Å². The first-order valence-corrected chi connectivity index (χ1v) is 5.70. The number of aromatic nitrogens is 2. The average molecular weight is 283 g/mol. The molecular weight excluding hydrogens is 275 g/mol. The smallest absolute Gasteiger partial charge is 0.275 e. The third-order valence-electron chi connectivity index (χ3n) is 2.04. The lowest BCUT2D eigenvalue weighted by Gasteiger charge is -2.00. The predicted octanol–water partition coefficient (Wildman–Crippen LogP) is 2.52. The second-order valence-electron chi connectivity index (χ2n) is 3.35. The predicted molar refractivity (Wildman–Crippen MR) is 72.5 cm³/mol. The van der Waals surface area contributed by atoms with Crippen LogP contribution >= 0.6 is 23.2 Å². The Morgan fingerprint density at radius 1 is 1.39 bits per heavy atom. The van der Waals surface area contributed by atoms with Crippen molar-refractivity contribution in [3.63, 3.8) is 0 Å². The number of nitrogens with zero attached hydrogens (tertiary/aromatic N) is 2. The Balaban J connectivity index is 2.12. The molecule has 7 heteroatoms. The van der Waals surface area contributed by atoms with Crippen molar-refractivity contribution in [1.82, 2.24) is 10.2 Å². The molecule has 92 valence electrons. The summed E-state index contributed by atoms with van der Waals surface area (Å²) >= 11 is 11.6. The fraction of sp³-hybridized carbons (Fsp3) is 0. The Kier molecular flexibility index (Phi) is 3.96. The topological polar surface area (TPSA) is 70.1 Å². The first kappa shape index (κ1) is 12.6. The van der Waals surface area contributed by atoms with Crippen LogP contribution in [-0.4, -0.2) is 16.4 Å². The lowest BCUT2D eigenvalue weighted by Crippen LogP contribution is -2.10. The molecule has 1 heterocycles. The van der Waals surface area contributed by atoms with Gasteiger partial charge in [0, 0.05) is 5.02 Å². The standard InChI is InChI=1S/C11H8Cl2N4O/c12-8-3-1-2-7(4-8)5-14-16-9-6-15-17-11(18)10(9)13/h1-6H,(H2,16,17,18)/b14-5-. The fourth-order valence-electron chi connectivity index (χ4n) is 1.22. The summed E-state index contributed by atoms with van der Waals surface area (Å²) in [7, 11) is 0. The van der Waals surface area contributed by atoms with E-state index < -0.39 is 5.56 Å². The van der Waals surface area contributed by atoms with Crippen molar-refractivity contribution < 1.29 is 0 Å². The highest BCUT2D eigenvalue weighted by Gasteiger charge is 2.02. The van der Waals surface area contributed by atoms with Gasteiger partial charge in [0.05, 0.1) is 12.4 Å². The number of hydrogen-bond acceptors (Lipinski definition) is 4. The minimum atomic E-state index is -0.473. The molecule has 0 unspecified atom stereocenters.